The third kappa shape index (κ3) is 2.50. The molecule has 8 heteroatoms. The van der Waals surface area contributed by atoms with Crippen molar-refractivity contribution in [2.24, 2.45) is 0 Å². The van der Waals surface area contributed by atoms with Crippen LogP contribution < -0.4 is 20.9 Å². The average Bonchev–Trinajstić information content (AvgIpc) is 2.84. The molecule has 2 aliphatic heterocycles. The summed E-state index contributed by atoms with van der Waals surface area (Å²) in [5.74, 6) is -0.704. The van der Waals surface area contributed by atoms with Crippen LogP contribution in [0.15, 0.2) is 16.9 Å². The van der Waals surface area contributed by atoms with Gasteiger partial charge in [0.2, 0.25) is 11.8 Å². The summed E-state index contributed by atoms with van der Waals surface area (Å²) in [5, 5.41) is 2.32. The summed E-state index contributed by atoms with van der Waals surface area (Å²) in [4.78, 5) is 42.2. The van der Waals surface area contributed by atoms with Gasteiger partial charge in [0.1, 0.15) is 0 Å². The predicted octanol–water partition coefficient (Wildman–Crippen LogP) is 0.316. The van der Waals surface area contributed by atoms with E-state index in [9.17, 15) is 14.4 Å². The molecule has 0 saturated carbocycles. The van der Waals surface area contributed by atoms with E-state index in [1.165, 1.54) is 4.57 Å². The van der Waals surface area contributed by atoms with Crippen molar-refractivity contribution >= 4 is 28.5 Å². The van der Waals surface area contributed by atoms with Gasteiger partial charge in [0.05, 0.1) is 0 Å². The third-order valence-electron chi connectivity index (χ3n) is 4.75. The van der Waals surface area contributed by atoms with E-state index in [0.29, 0.717) is 11.9 Å². The van der Waals surface area contributed by atoms with E-state index in [2.05, 4.69) is 15.2 Å². The summed E-state index contributed by atoms with van der Waals surface area (Å²) >= 11 is 0. The van der Waals surface area contributed by atoms with E-state index >= 15 is 0 Å². The number of anilines is 1. The van der Waals surface area contributed by atoms with Crippen LogP contribution in [-0.4, -0.2) is 30.0 Å². The number of nitrogens with one attached hydrogen (secondary N) is 1. The number of hydrogen-bond donors (Lipinski definition) is 1. The largest absolute Gasteiger partial charge is 0.400 e. The van der Waals surface area contributed by atoms with Crippen LogP contribution in [0.25, 0.3) is 11.0 Å². The van der Waals surface area contributed by atoms with Gasteiger partial charge in [-0.15, -0.1) is 0 Å². The van der Waals surface area contributed by atoms with E-state index in [4.69, 9.17) is 0 Å². The first-order chi connectivity index (χ1) is 11.1. The summed E-state index contributed by atoms with van der Waals surface area (Å²) in [7, 11) is 2.02. The first kappa shape index (κ1) is 16.9. The average molecular weight is 500 g/mol. The van der Waals surface area contributed by atoms with Crippen molar-refractivity contribution in [3.63, 3.8) is 0 Å². The topological polar surface area (TPSA) is 85.5 Å². The number of piperidine rings is 1. The fourth-order valence-electron chi connectivity index (χ4n) is 3.66. The maximum Gasteiger partial charge on any atom is 0.229 e. The molecule has 2 aromatic rings. The second-order valence-electron chi connectivity index (χ2n) is 6.19. The number of amides is 2. The Hall–Kier alpha value is -1.91. The van der Waals surface area contributed by atoms with Crippen molar-refractivity contribution in [2.45, 2.75) is 31.7 Å². The number of imide groups is 1. The van der Waals surface area contributed by atoms with Crippen molar-refractivity contribution in [2.75, 3.05) is 18.5 Å². The van der Waals surface area contributed by atoms with Crippen molar-refractivity contribution in [3.8, 4) is 0 Å². The summed E-state index contributed by atoms with van der Waals surface area (Å²) < 4.78 is 1.48. The molecule has 1 fully saturated rings. The monoisotopic (exact) mass is 500 g/mol. The van der Waals surface area contributed by atoms with Crippen molar-refractivity contribution in [1.29, 1.82) is 0 Å². The quantitative estimate of drug-likeness (QED) is 0.572. The number of rotatable bonds is 1. The van der Waals surface area contributed by atoms with Crippen LogP contribution in [0.4, 0.5) is 5.69 Å². The number of hydrogen-bond acceptors (Lipinski definition) is 4. The Kier molecular flexibility index (Phi) is 4.37. The zero-order valence-electron chi connectivity index (χ0n) is 13.2. The van der Waals surface area contributed by atoms with E-state index in [1.807, 2.05) is 19.2 Å². The van der Waals surface area contributed by atoms with Crippen LogP contribution in [0.3, 0.4) is 0 Å². The van der Waals surface area contributed by atoms with Crippen LogP contribution in [0.1, 0.15) is 30.9 Å². The molecule has 2 aliphatic rings. The number of fused-ring (bicyclic) bond motifs is 3. The molecule has 4 rings (SSSR count). The molecule has 3 heterocycles. The minimum atomic E-state index is -0.663. The molecule has 1 radical (unpaired) electrons. The molecular formula is C16H17N4O3Re-. The number of benzene rings is 1. The minimum absolute atomic E-state index is 0. The third-order valence-corrected chi connectivity index (χ3v) is 4.75. The number of carbonyl (C=O) groups is 2. The Morgan fingerprint density at radius 1 is 1.21 bits per heavy atom. The Labute approximate surface area is 152 Å². The zero-order valence-corrected chi connectivity index (χ0v) is 15.9. The van der Waals surface area contributed by atoms with Crippen molar-refractivity contribution < 1.29 is 30.0 Å². The molecular weight excluding hydrogens is 482 g/mol. The van der Waals surface area contributed by atoms with Gasteiger partial charge < -0.3 is 14.5 Å². The number of nitrogens with zero attached hydrogens (tertiary/aromatic N) is 3. The summed E-state index contributed by atoms with van der Waals surface area (Å²) in [6, 6.07) is 3.15. The minimum Gasteiger partial charge on any atom is -0.400 e. The molecule has 1 aromatic heterocycles. The molecule has 2 amide bonds. The van der Waals surface area contributed by atoms with Crippen LogP contribution in [0.2, 0.25) is 0 Å². The van der Waals surface area contributed by atoms with Crippen LogP contribution in [-0.2, 0) is 36.4 Å². The number of aromatic nitrogens is 2. The SMILES string of the molecule is CN1CCCc2c1ccc1[n-]c(=O)n(C3CCC(=O)NC3=O)c21.[Re]. The summed E-state index contributed by atoms with van der Waals surface area (Å²) in [5.41, 5.74) is 3.09. The van der Waals surface area contributed by atoms with E-state index in [0.717, 1.165) is 36.2 Å². The molecule has 1 atom stereocenters. The normalized spacial score (nSPS) is 20.5. The predicted molar refractivity (Wildman–Crippen MR) is 84.5 cm³/mol. The molecule has 127 valence electrons. The van der Waals surface area contributed by atoms with Gasteiger partial charge in [-0.2, -0.15) is 0 Å². The van der Waals surface area contributed by atoms with E-state index in [1.54, 1.807) is 0 Å². The van der Waals surface area contributed by atoms with Crippen LogP contribution in [0, 0.1) is 0 Å². The Morgan fingerprint density at radius 2 is 2.00 bits per heavy atom. The maximum absolute atomic E-state index is 12.4. The van der Waals surface area contributed by atoms with Gasteiger partial charge in [-0.25, -0.2) is 0 Å². The Bertz CT molecular complexity index is 885. The second kappa shape index (κ2) is 6.19. The van der Waals surface area contributed by atoms with Crippen LogP contribution in [0.5, 0.6) is 0 Å². The smallest absolute Gasteiger partial charge is 0.229 e. The van der Waals surface area contributed by atoms with E-state index in [-0.39, 0.29) is 32.8 Å². The van der Waals surface area contributed by atoms with Gasteiger partial charge in [-0.3, -0.25) is 19.7 Å². The number of imidazole rings is 1. The molecule has 1 aromatic carbocycles. The van der Waals surface area contributed by atoms with E-state index < -0.39 is 17.6 Å². The number of aryl methyl sites for hydroxylation is 1. The first-order valence-electron chi connectivity index (χ1n) is 7.82. The molecule has 0 spiro atoms. The standard InChI is InChI=1S/C16H18N4O3.Re/c1-19-8-2-3-9-11(19)5-4-10-14(9)20(16(23)17-10)12-6-7-13(21)18-15(12)22;/h4-5,12H,2-3,6-8H2,1H3,(H2,17,18,21,22,23);/p-1. The molecule has 24 heavy (non-hydrogen) atoms. The molecule has 0 bridgehead atoms. The number of carbonyl (C=O) groups excluding carboxylic acids is 2. The molecule has 1 saturated heterocycles. The van der Waals surface area contributed by atoms with Crippen LogP contribution >= 0.6 is 0 Å². The maximum atomic E-state index is 12.4. The fraction of sp³-hybridized carbons (Fsp3) is 0.438. The molecule has 7 nitrogen and oxygen atoms in total. The molecule has 1 N–H and O–H groups in total. The van der Waals surface area contributed by atoms with Crippen molar-refractivity contribution in [3.05, 3.63) is 28.2 Å². The second-order valence-corrected chi connectivity index (χ2v) is 6.19. The van der Waals surface area contributed by atoms with Gasteiger partial charge in [0.15, 0.2) is 5.69 Å². The van der Waals surface area contributed by atoms with Crippen molar-refractivity contribution in [1.82, 2.24) is 14.9 Å². The summed E-state index contributed by atoms with van der Waals surface area (Å²) in [6.07, 6.45) is 2.43. The molecule has 1 unspecified atom stereocenters. The van der Waals surface area contributed by atoms with Gasteiger partial charge in [-0.05, 0) is 41.9 Å². The Morgan fingerprint density at radius 3 is 2.75 bits per heavy atom. The molecule has 0 aliphatic carbocycles. The van der Waals surface area contributed by atoms with Gasteiger partial charge in [-0.1, -0.05) is 6.07 Å². The van der Waals surface area contributed by atoms with Gasteiger partial charge in [0, 0.05) is 52.2 Å². The summed E-state index contributed by atoms with van der Waals surface area (Å²) in [6.45, 7) is 0.968. The van der Waals surface area contributed by atoms with Gasteiger partial charge >= 0.3 is 0 Å². The fourth-order valence-corrected chi connectivity index (χ4v) is 3.66. The Balaban J connectivity index is 0.00000169. The first-order valence-corrected chi connectivity index (χ1v) is 7.82. The zero-order chi connectivity index (χ0) is 16.1. The van der Waals surface area contributed by atoms with Gasteiger partial charge in [0.25, 0.3) is 0 Å².